The third kappa shape index (κ3) is 2.42. The van der Waals surface area contributed by atoms with E-state index in [1.54, 1.807) is 7.11 Å². The number of hydrogen-bond acceptors (Lipinski definition) is 7. The van der Waals surface area contributed by atoms with Crippen LogP contribution in [0.15, 0.2) is 24.3 Å². The standard InChI is InChI=1S/C20H23NO6/c1-11(22)25-17-10-14-13-3-4-15(24-2)19-18(13)20(7-8-21(14)27-17)6-5-12(23)9-16(20)26-19/h3-6,12,14,16-17,23H,7-10H2,1-2H3/t12-,14-,16-,17+,20-/m0/s1. The van der Waals surface area contributed by atoms with Gasteiger partial charge in [-0.15, -0.1) is 0 Å². The van der Waals surface area contributed by atoms with Crippen LogP contribution in [-0.4, -0.2) is 48.3 Å². The molecule has 1 aliphatic carbocycles. The fourth-order valence-corrected chi connectivity index (χ4v) is 5.03. The van der Waals surface area contributed by atoms with E-state index >= 15 is 0 Å². The van der Waals surface area contributed by atoms with Crippen molar-refractivity contribution in [3.05, 3.63) is 35.4 Å². The number of nitrogens with zero attached hydrogens (tertiary/aromatic N) is 1. The van der Waals surface area contributed by atoms with Crippen molar-refractivity contribution in [2.45, 2.75) is 56.1 Å². The highest BCUT2D eigenvalue weighted by Gasteiger charge is 2.55. The van der Waals surface area contributed by atoms with Crippen LogP contribution in [0.3, 0.4) is 0 Å². The van der Waals surface area contributed by atoms with Crippen molar-refractivity contribution in [1.82, 2.24) is 5.06 Å². The zero-order valence-corrected chi connectivity index (χ0v) is 15.4. The van der Waals surface area contributed by atoms with Gasteiger partial charge in [0.15, 0.2) is 11.5 Å². The molecule has 7 nitrogen and oxygen atoms in total. The van der Waals surface area contributed by atoms with Crippen LogP contribution in [-0.2, 0) is 19.8 Å². The minimum atomic E-state index is -0.568. The molecule has 1 fully saturated rings. The quantitative estimate of drug-likeness (QED) is 0.627. The highest BCUT2D eigenvalue weighted by atomic mass is 16.8. The molecule has 4 aliphatic rings. The zero-order chi connectivity index (χ0) is 18.8. The fraction of sp³-hybridized carbons (Fsp3) is 0.550. The van der Waals surface area contributed by atoms with Gasteiger partial charge >= 0.3 is 5.97 Å². The first-order chi connectivity index (χ1) is 13.0. The Morgan fingerprint density at radius 3 is 3.00 bits per heavy atom. The van der Waals surface area contributed by atoms with Crippen molar-refractivity contribution in [1.29, 1.82) is 0 Å². The Morgan fingerprint density at radius 2 is 2.22 bits per heavy atom. The van der Waals surface area contributed by atoms with Gasteiger partial charge in [-0.1, -0.05) is 18.2 Å². The molecule has 1 saturated heterocycles. The summed E-state index contributed by atoms with van der Waals surface area (Å²) in [7, 11) is 1.64. The van der Waals surface area contributed by atoms with E-state index in [9.17, 15) is 9.90 Å². The SMILES string of the molecule is COc1ccc2c3c1O[C@H]1C[C@@H](O)C=C[C@@]31CCN1O[C@@H](OC(C)=O)C[C@@H]21. The van der Waals surface area contributed by atoms with Crippen LogP contribution in [0.5, 0.6) is 11.5 Å². The van der Waals surface area contributed by atoms with Gasteiger partial charge in [0.05, 0.1) is 24.7 Å². The van der Waals surface area contributed by atoms with Gasteiger partial charge in [-0.05, 0) is 18.1 Å². The van der Waals surface area contributed by atoms with Crippen molar-refractivity contribution in [3.63, 3.8) is 0 Å². The molecule has 1 aromatic rings. The van der Waals surface area contributed by atoms with Gasteiger partial charge in [0.2, 0.25) is 6.29 Å². The normalized spacial score (nSPS) is 36.3. The minimum Gasteiger partial charge on any atom is -0.493 e. The molecule has 0 unspecified atom stereocenters. The number of carbonyl (C=O) groups excluding carboxylic acids is 1. The zero-order valence-electron chi connectivity index (χ0n) is 15.4. The lowest BCUT2D eigenvalue weighted by atomic mass is 9.68. The summed E-state index contributed by atoms with van der Waals surface area (Å²) >= 11 is 0. The van der Waals surface area contributed by atoms with E-state index in [1.165, 1.54) is 6.92 Å². The van der Waals surface area contributed by atoms with Gasteiger partial charge in [-0.25, -0.2) is 0 Å². The maximum Gasteiger partial charge on any atom is 0.304 e. The Balaban J connectivity index is 1.63. The number of methoxy groups -OCH3 is 1. The molecule has 0 amide bonds. The van der Waals surface area contributed by atoms with Gasteiger partial charge in [0.1, 0.15) is 6.10 Å². The number of ether oxygens (including phenoxy) is 3. The largest absolute Gasteiger partial charge is 0.493 e. The number of aliphatic hydroxyl groups is 1. The lowest BCUT2D eigenvalue weighted by Crippen LogP contribution is -2.43. The molecule has 7 heteroatoms. The predicted molar refractivity (Wildman–Crippen MR) is 94.2 cm³/mol. The summed E-state index contributed by atoms with van der Waals surface area (Å²) in [6.45, 7) is 2.07. The highest BCUT2D eigenvalue weighted by Crippen LogP contribution is 2.58. The van der Waals surface area contributed by atoms with Gasteiger partial charge in [0.25, 0.3) is 0 Å². The van der Waals surface area contributed by atoms with E-state index in [4.69, 9.17) is 19.0 Å². The molecule has 0 aromatic heterocycles. The Bertz CT molecular complexity index is 823. The van der Waals surface area contributed by atoms with Crippen molar-refractivity contribution in [3.8, 4) is 11.5 Å². The van der Waals surface area contributed by atoms with Crippen molar-refractivity contribution < 1.29 is 28.9 Å². The third-order valence-electron chi connectivity index (χ3n) is 6.16. The average Bonchev–Trinajstić information content (AvgIpc) is 3.14. The summed E-state index contributed by atoms with van der Waals surface area (Å²) in [4.78, 5) is 17.3. The Morgan fingerprint density at radius 1 is 1.37 bits per heavy atom. The number of benzene rings is 1. The van der Waals surface area contributed by atoms with Crippen LogP contribution < -0.4 is 9.47 Å². The molecule has 1 spiro atoms. The summed E-state index contributed by atoms with van der Waals surface area (Å²) in [6.07, 6.45) is 4.69. The van der Waals surface area contributed by atoms with E-state index < -0.39 is 12.4 Å². The smallest absolute Gasteiger partial charge is 0.304 e. The predicted octanol–water partition coefficient (Wildman–Crippen LogP) is 1.99. The Kier molecular flexibility index (Phi) is 3.76. The van der Waals surface area contributed by atoms with E-state index in [0.717, 1.165) is 23.3 Å². The van der Waals surface area contributed by atoms with E-state index in [1.807, 2.05) is 17.2 Å². The summed E-state index contributed by atoms with van der Waals surface area (Å²) < 4.78 is 17.2. The average molecular weight is 373 g/mol. The van der Waals surface area contributed by atoms with Crippen LogP contribution in [0, 0.1) is 0 Å². The lowest BCUT2D eigenvalue weighted by molar-refractivity contribution is -0.236. The van der Waals surface area contributed by atoms with E-state index in [2.05, 4.69) is 12.1 Å². The van der Waals surface area contributed by atoms with Crippen LogP contribution in [0.4, 0.5) is 0 Å². The van der Waals surface area contributed by atoms with Gasteiger partial charge < -0.3 is 19.3 Å². The van der Waals surface area contributed by atoms with Crippen molar-refractivity contribution in [2.24, 2.45) is 0 Å². The number of hydrogen-bond donors (Lipinski definition) is 1. The topological polar surface area (TPSA) is 77.5 Å². The number of aliphatic hydroxyl groups excluding tert-OH is 1. The number of hydroxylamine groups is 2. The summed E-state index contributed by atoms with van der Waals surface area (Å²) in [6, 6.07) is 3.96. The molecule has 0 bridgehead atoms. The van der Waals surface area contributed by atoms with Gasteiger partial charge in [-0.3, -0.25) is 9.63 Å². The van der Waals surface area contributed by atoms with Crippen LogP contribution >= 0.6 is 0 Å². The second-order valence-corrected chi connectivity index (χ2v) is 7.66. The molecule has 5 rings (SSSR count). The molecule has 0 saturated carbocycles. The molecule has 0 radical (unpaired) electrons. The first-order valence-corrected chi connectivity index (χ1v) is 9.38. The maximum absolute atomic E-state index is 11.3. The molecule has 27 heavy (non-hydrogen) atoms. The molecule has 144 valence electrons. The molecular weight excluding hydrogens is 350 g/mol. The van der Waals surface area contributed by atoms with Crippen molar-refractivity contribution in [2.75, 3.05) is 13.7 Å². The molecule has 5 atom stereocenters. The highest BCUT2D eigenvalue weighted by molar-refractivity contribution is 5.66. The third-order valence-corrected chi connectivity index (χ3v) is 6.16. The second kappa shape index (κ2) is 5.95. The fourth-order valence-electron chi connectivity index (χ4n) is 5.03. The first-order valence-electron chi connectivity index (χ1n) is 9.38. The summed E-state index contributed by atoms with van der Waals surface area (Å²) in [5, 5.41) is 12.1. The Hall–Kier alpha value is -2.09. The lowest BCUT2D eigenvalue weighted by Gasteiger charge is -2.35. The Labute approximate surface area is 157 Å². The molecule has 1 aromatic carbocycles. The van der Waals surface area contributed by atoms with Gasteiger partial charge in [-0.2, -0.15) is 5.06 Å². The molecule has 1 N–H and O–H groups in total. The molecular formula is C20H23NO6. The van der Waals surface area contributed by atoms with Crippen LogP contribution in [0.1, 0.15) is 43.4 Å². The first kappa shape index (κ1) is 17.0. The minimum absolute atomic E-state index is 0.0176. The monoisotopic (exact) mass is 373 g/mol. The molecule has 3 heterocycles. The molecule has 3 aliphatic heterocycles. The van der Waals surface area contributed by atoms with Gasteiger partial charge in [0, 0.05) is 31.9 Å². The number of esters is 1. The van der Waals surface area contributed by atoms with Crippen LogP contribution in [0.2, 0.25) is 0 Å². The number of carbonyl (C=O) groups is 1. The maximum atomic E-state index is 11.3. The van der Waals surface area contributed by atoms with Crippen molar-refractivity contribution >= 4 is 5.97 Å². The summed E-state index contributed by atoms with van der Waals surface area (Å²) in [5.41, 5.74) is 1.93. The summed E-state index contributed by atoms with van der Waals surface area (Å²) in [5.74, 6) is 1.12. The number of fused-ring (bicyclic) bond motifs is 2. The number of rotatable bonds is 2. The van der Waals surface area contributed by atoms with E-state index in [-0.39, 0.29) is 23.5 Å². The van der Waals surface area contributed by atoms with E-state index in [0.29, 0.717) is 25.1 Å². The second-order valence-electron chi connectivity index (χ2n) is 7.66. The van der Waals surface area contributed by atoms with Crippen LogP contribution in [0.25, 0.3) is 0 Å².